The van der Waals surface area contributed by atoms with Crippen molar-refractivity contribution in [3.8, 4) is 0 Å². The summed E-state index contributed by atoms with van der Waals surface area (Å²) in [6, 6.07) is 8.73. The molecule has 0 radical (unpaired) electrons. The Morgan fingerprint density at radius 2 is 1.83 bits per heavy atom. The Balaban J connectivity index is 1.21. The minimum absolute atomic E-state index is 0.162. The lowest BCUT2D eigenvalue weighted by Crippen LogP contribution is -2.49. The molecule has 2 saturated carbocycles. The predicted molar refractivity (Wildman–Crippen MR) is 118 cm³/mol. The number of fused-ring (bicyclic) bond motifs is 2. The summed E-state index contributed by atoms with van der Waals surface area (Å²) in [7, 11) is 0. The SMILES string of the molecule is Cc1ccc(N2CCN(CC(O)CO/N=C3\C[C@@H]4CC[C@@]3(C)C4(C)C)CC2)cc1. The fraction of sp³-hybridized carbons (Fsp3) is 0.708. The molecule has 1 aliphatic heterocycles. The number of oxime groups is 1. The van der Waals surface area contributed by atoms with E-state index in [0.29, 0.717) is 12.0 Å². The quantitative estimate of drug-likeness (QED) is 0.741. The molecule has 1 unspecified atom stereocenters. The van der Waals surface area contributed by atoms with Crippen molar-refractivity contribution in [3.63, 3.8) is 0 Å². The molecular weight excluding hydrogens is 362 g/mol. The van der Waals surface area contributed by atoms with Crippen LogP contribution < -0.4 is 4.90 Å². The van der Waals surface area contributed by atoms with Gasteiger partial charge < -0.3 is 14.8 Å². The van der Waals surface area contributed by atoms with Gasteiger partial charge in [-0.1, -0.05) is 43.6 Å². The molecule has 1 N–H and O–H groups in total. The van der Waals surface area contributed by atoms with Crippen LogP contribution in [0.5, 0.6) is 0 Å². The highest BCUT2D eigenvalue weighted by atomic mass is 16.6. The molecule has 1 heterocycles. The molecule has 160 valence electrons. The van der Waals surface area contributed by atoms with Crippen LogP contribution in [0.4, 0.5) is 5.69 Å². The van der Waals surface area contributed by atoms with Crippen molar-refractivity contribution >= 4 is 11.4 Å². The van der Waals surface area contributed by atoms with Gasteiger partial charge in [0.25, 0.3) is 0 Å². The van der Waals surface area contributed by atoms with Crippen LogP contribution in [0.3, 0.4) is 0 Å². The summed E-state index contributed by atoms with van der Waals surface area (Å²) in [6.45, 7) is 14.1. The standard InChI is InChI=1S/C24H37N3O2/c1-18-5-7-20(8-6-18)27-13-11-26(12-14-27)16-21(28)17-29-25-22-15-19-9-10-24(22,4)23(19,2)3/h5-8,19,21,28H,9-17H2,1-4H3/b25-22+/t19-,21?,24+/m0/s1. The molecule has 4 rings (SSSR count). The Hall–Kier alpha value is -1.59. The van der Waals surface area contributed by atoms with E-state index in [1.807, 2.05) is 0 Å². The fourth-order valence-corrected chi connectivity index (χ4v) is 5.56. The molecule has 2 bridgehead atoms. The fourth-order valence-electron chi connectivity index (χ4n) is 5.56. The molecule has 2 aliphatic carbocycles. The number of aliphatic hydroxyl groups is 1. The van der Waals surface area contributed by atoms with Crippen LogP contribution in [0.15, 0.2) is 29.4 Å². The Labute approximate surface area is 175 Å². The zero-order chi connectivity index (χ0) is 20.6. The second-order valence-corrected chi connectivity index (χ2v) is 10.1. The molecule has 29 heavy (non-hydrogen) atoms. The summed E-state index contributed by atoms with van der Waals surface area (Å²) in [5, 5.41) is 14.9. The second kappa shape index (κ2) is 7.92. The Kier molecular flexibility index (Phi) is 5.64. The Morgan fingerprint density at radius 1 is 1.14 bits per heavy atom. The van der Waals surface area contributed by atoms with Crippen LogP contribution in [-0.2, 0) is 4.84 Å². The van der Waals surface area contributed by atoms with Crippen LogP contribution in [0.25, 0.3) is 0 Å². The number of nitrogens with zero attached hydrogens (tertiary/aromatic N) is 3. The van der Waals surface area contributed by atoms with Gasteiger partial charge in [0, 0.05) is 43.8 Å². The highest BCUT2D eigenvalue weighted by Gasteiger charge is 2.60. The molecule has 3 atom stereocenters. The van der Waals surface area contributed by atoms with Crippen molar-refractivity contribution in [1.29, 1.82) is 0 Å². The van der Waals surface area contributed by atoms with E-state index in [4.69, 9.17) is 4.84 Å². The molecule has 5 heteroatoms. The topological polar surface area (TPSA) is 48.3 Å². The third-order valence-electron chi connectivity index (χ3n) is 8.19. The number of aryl methyl sites for hydroxylation is 1. The lowest BCUT2D eigenvalue weighted by atomic mass is 9.70. The lowest BCUT2D eigenvalue weighted by molar-refractivity contribution is 0.0167. The summed E-state index contributed by atoms with van der Waals surface area (Å²) >= 11 is 0. The summed E-state index contributed by atoms with van der Waals surface area (Å²) in [6.07, 6.45) is 3.07. The van der Waals surface area contributed by atoms with Crippen LogP contribution >= 0.6 is 0 Å². The molecule has 1 aromatic carbocycles. The van der Waals surface area contributed by atoms with Crippen LogP contribution in [-0.4, -0.2) is 61.2 Å². The summed E-state index contributed by atoms with van der Waals surface area (Å²) in [4.78, 5) is 10.4. The zero-order valence-electron chi connectivity index (χ0n) is 18.5. The zero-order valence-corrected chi connectivity index (χ0v) is 18.5. The van der Waals surface area contributed by atoms with Crippen molar-refractivity contribution in [2.45, 2.75) is 53.1 Å². The first kappa shape index (κ1) is 20.7. The van der Waals surface area contributed by atoms with E-state index in [2.05, 4.69) is 66.9 Å². The highest BCUT2D eigenvalue weighted by molar-refractivity contribution is 5.93. The molecule has 3 aliphatic rings. The van der Waals surface area contributed by atoms with Gasteiger partial charge in [0.2, 0.25) is 0 Å². The minimum Gasteiger partial charge on any atom is -0.393 e. The van der Waals surface area contributed by atoms with Gasteiger partial charge in [-0.2, -0.15) is 0 Å². The second-order valence-electron chi connectivity index (χ2n) is 10.1. The normalized spacial score (nSPS) is 31.4. The van der Waals surface area contributed by atoms with Gasteiger partial charge in [-0.15, -0.1) is 0 Å². The lowest BCUT2D eigenvalue weighted by Gasteiger charge is -2.36. The summed E-state index contributed by atoms with van der Waals surface area (Å²) < 4.78 is 0. The smallest absolute Gasteiger partial charge is 0.144 e. The van der Waals surface area contributed by atoms with Gasteiger partial charge in [0.15, 0.2) is 0 Å². The number of β-amino-alcohol motifs (C(OH)–C–C–N with tert-alkyl or cyclic N) is 1. The van der Waals surface area contributed by atoms with Gasteiger partial charge in [0.1, 0.15) is 12.7 Å². The first-order valence-corrected chi connectivity index (χ1v) is 11.2. The first-order valence-electron chi connectivity index (χ1n) is 11.2. The van der Waals surface area contributed by atoms with Gasteiger partial charge >= 0.3 is 0 Å². The van der Waals surface area contributed by atoms with Crippen LogP contribution in [0.2, 0.25) is 0 Å². The molecule has 3 fully saturated rings. The van der Waals surface area contributed by atoms with Gasteiger partial charge in [0.05, 0.1) is 5.71 Å². The molecule has 0 aromatic heterocycles. The predicted octanol–water partition coefficient (Wildman–Crippen LogP) is 3.70. The average molecular weight is 400 g/mol. The van der Waals surface area contributed by atoms with Crippen molar-refractivity contribution in [3.05, 3.63) is 29.8 Å². The highest BCUT2D eigenvalue weighted by Crippen LogP contribution is 2.63. The van der Waals surface area contributed by atoms with E-state index < -0.39 is 6.10 Å². The number of anilines is 1. The summed E-state index contributed by atoms with van der Waals surface area (Å²) in [5.41, 5.74) is 4.26. The van der Waals surface area contributed by atoms with Gasteiger partial charge in [-0.05, 0) is 49.7 Å². The third kappa shape index (κ3) is 3.91. The maximum absolute atomic E-state index is 10.4. The molecular formula is C24H37N3O2. The number of aliphatic hydroxyl groups excluding tert-OH is 1. The number of hydrogen-bond acceptors (Lipinski definition) is 5. The van der Waals surface area contributed by atoms with Crippen molar-refractivity contribution in [2.75, 3.05) is 44.2 Å². The van der Waals surface area contributed by atoms with E-state index in [1.165, 1.54) is 29.8 Å². The number of piperazine rings is 1. The molecule has 1 aromatic rings. The first-order chi connectivity index (χ1) is 13.8. The minimum atomic E-state index is -0.496. The third-order valence-corrected chi connectivity index (χ3v) is 8.19. The van der Waals surface area contributed by atoms with Crippen LogP contribution in [0, 0.1) is 23.7 Å². The van der Waals surface area contributed by atoms with Gasteiger partial charge in [-0.25, -0.2) is 0 Å². The average Bonchev–Trinajstić information content (AvgIpc) is 3.03. The molecule has 5 nitrogen and oxygen atoms in total. The van der Waals surface area contributed by atoms with E-state index >= 15 is 0 Å². The maximum Gasteiger partial charge on any atom is 0.144 e. The molecule has 0 amide bonds. The number of benzene rings is 1. The van der Waals surface area contributed by atoms with Crippen molar-refractivity contribution < 1.29 is 9.94 Å². The largest absolute Gasteiger partial charge is 0.393 e. The monoisotopic (exact) mass is 399 g/mol. The van der Waals surface area contributed by atoms with E-state index in [9.17, 15) is 5.11 Å². The number of rotatable bonds is 6. The Bertz CT molecular complexity index is 737. The van der Waals surface area contributed by atoms with E-state index in [1.54, 1.807) is 0 Å². The number of hydrogen-bond donors (Lipinski definition) is 1. The van der Waals surface area contributed by atoms with E-state index in [0.717, 1.165) is 38.5 Å². The van der Waals surface area contributed by atoms with Crippen molar-refractivity contribution in [1.82, 2.24) is 4.90 Å². The Morgan fingerprint density at radius 3 is 2.41 bits per heavy atom. The maximum atomic E-state index is 10.4. The summed E-state index contributed by atoms with van der Waals surface area (Å²) in [5.74, 6) is 0.726. The van der Waals surface area contributed by atoms with E-state index in [-0.39, 0.29) is 12.0 Å². The van der Waals surface area contributed by atoms with Crippen LogP contribution in [0.1, 0.15) is 45.6 Å². The van der Waals surface area contributed by atoms with Crippen molar-refractivity contribution in [2.24, 2.45) is 21.9 Å². The van der Waals surface area contributed by atoms with Gasteiger partial charge in [-0.3, -0.25) is 4.90 Å². The molecule has 1 saturated heterocycles. The molecule has 0 spiro atoms.